The normalized spacial score (nSPS) is 11.8. The molecular formula is C21H17ClN2O5. The van der Waals surface area contributed by atoms with E-state index in [1.54, 1.807) is 25.3 Å². The second-order valence-electron chi connectivity index (χ2n) is 6.16. The van der Waals surface area contributed by atoms with Gasteiger partial charge >= 0.3 is 0 Å². The molecule has 0 radical (unpaired) electrons. The lowest BCUT2D eigenvalue weighted by Crippen LogP contribution is -2.11. The number of fused-ring (bicyclic) bond motifs is 2. The first-order chi connectivity index (χ1) is 14.0. The molecule has 148 valence electrons. The van der Waals surface area contributed by atoms with Crippen LogP contribution in [0.2, 0.25) is 0 Å². The predicted octanol–water partition coefficient (Wildman–Crippen LogP) is 4.43. The Balaban J connectivity index is 1.80. The summed E-state index contributed by atoms with van der Waals surface area (Å²) in [7, 11) is 4.59. The maximum absolute atomic E-state index is 12.5. The van der Waals surface area contributed by atoms with Crippen molar-refractivity contribution in [2.45, 2.75) is 0 Å². The number of halogens is 1. The molecular weight excluding hydrogens is 396 g/mol. The monoisotopic (exact) mass is 412 g/mol. The Hall–Kier alpha value is -3.45. The quantitative estimate of drug-likeness (QED) is 0.521. The minimum absolute atomic E-state index is 0.212. The minimum atomic E-state index is -0.344. The number of para-hydroxylation sites is 1. The smallest absolute Gasteiger partial charge is 0.259 e. The lowest BCUT2D eigenvalue weighted by atomic mass is 10.2. The van der Waals surface area contributed by atoms with Gasteiger partial charge in [-0.1, -0.05) is 23.7 Å². The molecule has 2 aromatic carbocycles. The molecule has 1 N–H and O–H groups in total. The third-order valence-electron chi connectivity index (χ3n) is 4.45. The Kier molecular flexibility index (Phi) is 4.90. The number of methoxy groups -OCH3 is 3. The van der Waals surface area contributed by atoms with E-state index in [9.17, 15) is 4.79 Å². The fourth-order valence-electron chi connectivity index (χ4n) is 3.06. The van der Waals surface area contributed by atoms with Gasteiger partial charge in [0.05, 0.1) is 37.3 Å². The largest absolute Gasteiger partial charge is 0.493 e. The fraction of sp³-hybridized carbons (Fsp3) is 0.143. The van der Waals surface area contributed by atoms with Crippen LogP contribution in [-0.2, 0) is 0 Å². The number of aromatic nitrogens is 2. The van der Waals surface area contributed by atoms with Crippen molar-refractivity contribution in [3.63, 3.8) is 0 Å². The standard InChI is InChI=1S/C21H17ClN2O5/c1-26-16-6-4-5-11-7-12(29-19(11)16)8-14(22)20-23-15-10-18(28-3)17(27-2)9-13(15)21(25)24-20/h4-10H,1-3H3,(H,23,24,25)/b14-8-. The van der Waals surface area contributed by atoms with Crippen LogP contribution >= 0.6 is 11.6 Å². The Morgan fingerprint density at radius 3 is 2.52 bits per heavy atom. The molecule has 0 saturated carbocycles. The summed E-state index contributed by atoms with van der Waals surface area (Å²) in [6.07, 6.45) is 1.59. The number of nitrogens with zero attached hydrogens (tertiary/aromatic N) is 1. The van der Waals surface area contributed by atoms with Gasteiger partial charge in [-0.25, -0.2) is 4.98 Å². The highest BCUT2D eigenvalue weighted by Gasteiger charge is 2.13. The molecule has 8 heteroatoms. The van der Waals surface area contributed by atoms with Crippen LogP contribution in [0.15, 0.2) is 45.6 Å². The number of H-pyrrole nitrogens is 1. The summed E-state index contributed by atoms with van der Waals surface area (Å²) in [5, 5.41) is 1.46. The second kappa shape index (κ2) is 7.52. The fourth-order valence-corrected chi connectivity index (χ4v) is 3.26. The highest BCUT2D eigenvalue weighted by Crippen LogP contribution is 2.32. The SMILES string of the molecule is COc1cc2nc(/C(Cl)=C/c3cc4cccc(OC)c4o3)[nH]c(=O)c2cc1OC. The van der Waals surface area contributed by atoms with E-state index in [-0.39, 0.29) is 16.4 Å². The van der Waals surface area contributed by atoms with Crippen LogP contribution in [0.3, 0.4) is 0 Å². The number of nitrogens with one attached hydrogen (secondary N) is 1. The molecule has 0 atom stereocenters. The highest BCUT2D eigenvalue weighted by atomic mass is 35.5. The molecule has 0 fully saturated rings. The molecule has 0 bridgehead atoms. The topological polar surface area (TPSA) is 86.6 Å². The van der Waals surface area contributed by atoms with Gasteiger partial charge in [0.2, 0.25) is 0 Å². The molecule has 0 amide bonds. The van der Waals surface area contributed by atoms with Crippen LogP contribution in [0, 0.1) is 0 Å². The zero-order valence-corrected chi connectivity index (χ0v) is 16.7. The van der Waals surface area contributed by atoms with Crippen LogP contribution in [-0.4, -0.2) is 31.3 Å². The first kappa shape index (κ1) is 18.9. The minimum Gasteiger partial charge on any atom is -0.493 e. The molecule has 29 heavy (non-hydrogen) atoms. The summed E-state index contributed by atoms with van der Waals surface area (Å²) in [6, 6.07) is 10.6. The lowest BCUT2D eigenvalue weighted by molar-refractivity contribution is 0.355. The highest BCUT2D eigenvalue weighted by molar-refractivity contribution is 6.50. The van der Waals surface area contributed by atoms with Crippen molar-refractivity contribution < 1.29 is 18.6 Å². The van der Waals surface area contributed by atoms with Crippen LogP contribution in [0.1, 0.15) is 11.6 Å². The Bertz CT molecular complexity index is 1310. The number of rotatable bonds is 5. The second-order valence-corrected chi connectivity index (χ2v) is 6.57. The van der Waals surface area contributed by atoms with E-state index in [2.05, 4.69) is 9.97 Å². The molecule has 7 nitrogen and oxygen atoms in total. The van der Waals surface area contributed by atoms with Gasteiger partial charge in [0, 0.05) is 17.5 Å². The van der Waals surface area contributed by atoms with E-state index in [1.807, 2.05) is 24.3 Å². The molecule has 0 unspecified atom stereocenters. The predicted molar refractivity (Wildman–Crippen MR) is 112 cm³/mol. The molecule has 2 aromatic heterocycles. The van der Waals surface area contributed by atoms with Gasteiger partial charge in [0.1, 0.15) is 5.76 Å². The van der Waals surface area contributed by atoms with E-state index >= 15 is 0 Å². The first-order valence-corrected chi connectivity index (χ1v) is 9.02. The first-order valence-electron chi connectivity index (χ1n) is 8.64. The number of hydrogen-bond donors (Lipinski definition) is 1. The van der Waals surface area contributed by atoms with Crippen molar-refractivity contribution in [1.82, 2.24) is 9.97 Å². The number of ether oxygens (including phenoxy) is 3. The van der Waals surface area contributed by atoms with Crippen molar-refractivity contribution in [3.8, 4) is 17.2 Å². The van der Waals surface area contributed by atoms with Crippen LogP contribution in [0.4, 0.5) is 0 Å². The van der Waals surface area contributed by atoms with Crippen molar-refractivity contribution >= 4 is 44.6 Å². The molecule has 0 aliphatic carbocycles. The molecule has 0 saturated heterocycles. The lowest BCUT2D eigenvalue weighted by Gasteiger charge is -2.09. The molecule has 0 spiro atoms. The third kappa shape index (κ3) is 3.40. The maximum atomic E-state index is 12.5. The van der Waals surface area contributed by atoms with Crippen molar-refractivity contribution in [3.05, 3.63) is 58.3 Å². The summed E-state index contributed by atoms with van der Waals surface area (Å²) in [5.41, 5.74) is 0.700. The van der Waals surface area contributed by atoms with Gasteiger partial charge < -0.3 is 23.6 Å². The Morgan fingerprint density at radius 1 is 1.07 bits per heavy atom. The van der Waals surface area contributed by atoms with Gasteiger partial charge in [-0.3, -0.25) is 4.79 Å². The van der Waals surface area contributed by atoms with Crippen LogP contribution < -0.4 is 19.8 Å². The Labute approximate surface area is 170 Å². The third-order valence-corrected chi connectivity index (χ3v) is 4.74. The van der Waals surface area contributed by atoms with Crippen LogP contribution in [0.25, 0.3) is 33.0 Å². The zero-order chi connectivity index (χ0) is 20.5. The van der Waals surface area contributed by atoms with E-state index in [4.69, 9.17) is 30.2 Å². The Morgan fingerprint density at radius 2 is 1.79 bits per heavy atom. The number of hydrogen-bond acceptors (Lipinski definition) is 6. The van der Waals surface area contributed by atoms with Gasteiger partial charge in [-0.15, -0.1) is 0 Å². The average molecular weight is 413 g/mol. The van der Waals surface area contributed by atoms with Gasteiger partial charge in [-0.2, -0.15) is 0 Å². The number of benzene rings is 2. The van der Waals surface area contributed by atoms with E-state index in [0.29, 0.717) is 39.5 Å². The van der Waals surface area contributed by atoms with Crippen LogP contribution in [0.5, 0.6) is 17.2 Å². The average Bonchev–Trinajstić information content (AvgIpc) is 3.15. The number of aromatic amines is 1. The summed E-state index contributed by atoms with van der Waals surface area (Å²) in [5.74, 6) is 2.25. The summed E-state index contributed by atoms with van der Waals surface area (Å²) >= 11 is 6.43. The molecule has 4 rings (SSSR count). The van der Waals surface area contributed by atoms with Gasteiger partial charge in [-0.05, 0) is 18.2 Å². The summed E-state index contributed by atoms with van der Waals surface area (Å²) in [6.45, 7) is 0. The molecule has 0 aliphatic heterocycles. The molecule has 4 aromatic rings. The summed E-state index contributed by atoms with van der Waals surface area (Å²) < 4.78 is 21.7. The van der Waals surface area contributed by atoms with E-state index in [0.717, 1.165) is 5.39 Å². The van der Waals surface area contributed by atoms with Crippen molar-refractivity contribution in [2.75, 3.05) is 21.3 Å². The van der Waals surface area contributed by atoms with Crippen molar-refractivity contribution in [2.24, 2.45) is 0 Å². The summed E-state index contributed by atoms with van der Waals surface area (Å²) in [4.78, 5) is 19.7. The van der Waals surface area contributed by atoms with E-state index in [1.165, 1.54) is 14.2 Å². The van der Waals surface area contributed by atoms with Gasteiger partial charge in [0.25, 0.3) is 5.56 Å². The van der Waals surface area contributed by atoms with E-state index < -0.39 is 0 Å². The zero-order valence-electron chi connectivity index (χ0n) is 15.9. The maximum Gasteiger partial charge on any atom is 0.259 e. The molecule has 2 heterocycles. The molecule has 0 aliphatic rings. The number of furan rings is 1. The van der Waals surface area contributed by atoms with Crippen molar-refractivity contribution in [1.29, 1.82) is 0 Å². The van der Waals surface area contributed by atoms with Gasteiger partial charge in [0.15, 0.2) is 28.7 Å².